The molecule has 0 atom stereocenters. The van der Waals surface area contributed by atoms with Crippen molar-refractivity contribution in [2.24, 2.45) is 0 Å². The van der Waals surface area contributed by atoms with Gasteiger partial charge in [0.05, 0.1) is 17.2 Å². The summed E-state index contributed by atoms with van der Waals surface area (Å²) in [6, 6.07) is 13.7. The van der Waals surface area contributed by atoms with Crippen LogP contribution < -0.4 is 10.1 Å². The number of fused-ring (bicyclic) bond motifs is 1. The summed E-state index contributed by atoms with van der Waals surface area (Å²) in [5, 5.41) is 4.27. The predicted octanol–water partition coefficient (Wildman–Crippen LogP) is 7.18. The highest BCUT2D eigenvalue weighted by Gasteiger charge is 2.19. The lowest BCUT2D eigenvalue weighted by Crippen LogP contribution is -2.10. The van der Waals surface area contributed by atoms with Gasteiger partial charge in [-0.05, 0) is 48.5 Å². The molecule has 32 heavy (non-hydrogen) atoms. The molecule has 4 rings (SSSR count). The molecule has 2 aromatic carbocycles. The van der Waals surface area contributed by atoms with E-state index in [2.05, 4.69) is 21.2 Å². The van der Waals surface area contributed by atoms with Crippen molar-refractivity contribution in [2.75, 3.05) is 12.4 Å². The van der Waals surface area contributed by atoms with E-state index in [0.717, 1.165) is 9.17 Å². The van der Waals surface area contributed by atoms with Gasteiger partial charge in [-0.25, -0.2) is 4.79 Å². The van der Waals surface area contributed by atoms with E-state index < -0.39 is 11.9 Å². The summed E-state index contributed by atoms with van der Waals surface area (Å²) in [5.41, 5.74) is 0.535. The summed E-state index contributed by atoms with van der Waals surface area (Å²) in [5.74, 6) is 0.179. The minimum Gasteiger partial charge on any atom is -0.484 e. The van der Waals surface area contributed by atoms with E-state index in [0.29, 0.717) is 37.5 Å². The number of hydrogen-bond donors (Lipinski definition) is 1. The number of amides is 1. The predicted molar refractivity (Wildman–Crippen MR) is 128 cm³/mol. The summed E-state index contributed by atoms with van der Waals surface area (Å²) in [4.78, 5) is 24.7. The lowest BCUT2D eigenvalue weighted by atomic mass is 10.2. The summed E-state index contributed by atoms with van der Waals surface area (Å²) < 4.78 is 17.6. The third kappa shape index (κ3) is 4.78. The molecule has 4 aromatic rings. The normalized spacial score (nSPS) is 10.9. The third-order valence-corrected chi connectivity index (χ3v) is 6.83. The van der Waals surface area contributed by atoms with Gasteiger partial charge in [-0.2, -0.15) is 0 Å². The number of hydrogen-bond acceptors (Lipinski definition) is 6. The van der Waals surface area contributed by atoms with E-state index in [1.807, 2.05) is 6.07 Å². The molecule has 0 spiro atoms. The molecule has 6 nitrogen and oxygen atoms in total. The third-order valence-electron chi connectivity index (χ3n) is 4.41. The minimum absolute atomic E-state index is 0.116. The molecule has 0 radical (unpaired) electrons. The molecule has 0 fully saturated rings. The van der Waals surface area contributed by atoms with Crippen molar-refractivity contribution in [3.8, 4) is 5.75 Å². The number of carbonyl (C=O) groups is 2. The zero-order valence-corrected chi connectivity index (χ0v) is 20.3. The lowest BCUT2D eigenvalue weighted by Gasteiger charge is -2.06. The second-order valence-corrected chi connectivity index (χ2v) is 9.28. The highest BCUT2D eigenvalue weighted by atomic mass is 79.9. The molecule has 0 aliphatic carbocycles. The maximum atomic E-state index is 12.6. The molecule has 2 heterocycles. The molecular weight excluding hydrogens is 541 g/mol. The molecule has 0 bridgehead atoms. The lowest BCUT2D eigenvalue weighted by molar-refractivity contribution is 0.0606. The van der Waals surface area contributed by atoms with Gasteiger partial charge in [0.2, 0.25) is 0 Å². The fourth-order valence-corrected chi connectivity index (χ4v) is 5.07. The zero-order valence-electron chi connectivity index (χ0n) is 16.4. The maximum absolute atomic E-state index is 12.6. The van der Waals surface area contributed by atoms with Crippen LogP contribution in [0.25, 0.3) is 10.1 Å². The number of furan rings is 1. The quantitative estimate of drug-likeness (QED) is 0.255. The van der Waals surface area contributed by atoms with Gasteiger partial charge in [-0.15, -0.1) is 11.3 Å². The summed E-state index contributed by atoms with van der Waals surface area (Å²) in [7, 11) is 1.30. The number of benzene rings is 2. The number of anilines is 1. The Bertz CT molecular complexity index is 1330. The van der Waals surface area contributed by atoms with Crippen LogP contribution in [0.4, 0.5) is 5.69 Å². The molecule has 2 aromatic heterocycles. The van der Waals surface area contributed by atoms with Crippen LogP contribution in [-0.4, -0.2) is 19.0 Å². The van der Waals surface area contributed by atoms with Gasteiger partial charge in [-0.1, -0.05) is 39.1 Å². The van der Waals surface area contributed by atoms with Gasteiger partial charge in [-0.3, -0.25) is 4.79 Å². The molecule has 0 saturated carbocycles. The number of methoxy groups -OCH3 is 1. The van der Waals surface area contributed by atoms with Gasteiger partial charge in [0.15, 0.2) is 5.76 Å². The first-order chi connectivity index (χ1) is 15.4. The molecule has 1 N–H and O–H groups in total. The fourth-order valence-electron chi connectivity index (χ4n) is 2.88. The van der Waals surface area contributed by atoms with Gasteiger partial charge < -0.3 is 19.2 Å². The molecule has 0 saturated heterocycles. The van der Waals surface area contributed by atoms with Gasteiger partial charge >= 0.3 is 5.97 Å². The van der Waals surface area contributed by atoms with Crippen molar-refractivity contribution in [3.63, 3.8) is 0 Å². The highest BCUT2D eigenvalue weighted by molar-refractivity contribution is 9.10. The largest absolute Gasteiger partial charge is 0.484 e. The van der Waals surface area contributed by atoms with Crippen molar-refractivity contribution in [1.29, 1.82) is 0 Å². The first-order valence-electron chi connectivity index (χ1n) is 9.14. The topological polar surface area (TPSA) is 77.8 Å². The average Bonchev–Trinajstić information content (AvgIpc) is 3.37. The summed E-state index contributed by atoms with van der Waals surface area (Å²) in [6.45, 7) is 0.116. The van der Waals surface area contributed by atoms with Crippen LogP contribution >= 0.6 is 50.5 Å². The molecule has 0 aliphatic heterocycles. The van der Waals surface area contributed by atoms with Gasteiger partial charge in [0.25, 0.3) is 5.91 Å². The summed E-state index contributed by atoms with van der Waals surface area (Å²) >= 11 is 16.9. The number of halogens is 3. The van der Waals surface area contributed by atoms with E-state index in [4.69, 9.17) is 37.1 Å². The van der Waals surface area contributed by atoms with Crippen LogP contribution in [0.1, 0.15) is 26.0 Å². The average molecular weight is 555 g/mol. The van der Waals surface area contributed by atoms with Crippen LogP contribution in [0.5, 0.6) is 5.75 Å². The van der Waals surface area contributed by atoms with E-state index in [-0.39, 0.29) is 12.4 Å². The second kappa shape index (κ2) is 9.54. The van der Waals surface area contributed by atoms with Crippen LogP contribution in [0.3, 0.4) is 0 Å². The second-order valence-electron chi connectivity index (χ2n) is 6.53. The van der Waals surface area contributed by atoms with Crippen molar-refractivity contribution in [2.45, 2.75) is 6.61 Å². The van der Waals surface area contributed by atoms with Crippen LogP contribution in [0, 0.1) is 0 Å². The minimum atomic E-state index is -0.503. The Morgan fingerprint density at radius 2 is 1.94 bits per heavy atom. The first kappa shape index (κ1) is 22.7. The van der Waals surface area contributed by atoms with Crippen LogP contribution in [-0.2, 0) is 11.3 Å². The Kier molecular flexibility index (Phi) is 6.76. The number of ether oxygens (including phenoxy) is 2. The highest BCUT2D eigenvalue weighted by Crippen LogP contribution is 2.37. The van der Waals surface area contributed by atoms with E-state index >= 15 is 0 Å². The Morgan fingerprint density at radius 3 is 2.69 bits per heavy atom. The smallest absolute Gasteiger partial charge is 0.349 e. The summed E-state index contributed by atoms with van der Waals surface area (Å²) in [6.07, 6.45) is 0. The molecule has 10 heteroatoms. The number of thiophene rings is 1. The maximum Gasteiger partial charge on any atom is 0.349 e. The molecule has 164 valence electrons. The monoisotopic (exact) mass is 553 g/mol. The standard InChI is InChI=1S/C22H14BrCl2NO5S/c1-29-22(28)20-19(25)14-5-3-12(9-18(14)32-20)26-21(27)17-7-4-13(31-17)10-30-16-6-2-11(23)8-15(16)24/h2-9H,10H2,1H3,(H,26,27). The van der Waals surface area contributed by atoms with Crippen molar-refractivity contribution in [1.82, 2.24) is 0 Å². The molecule has 1 amide bonds. The fraction of sp³-hybridized carbons (Fsp3) is 0.0909. The Hall–Kier alpha value is -2.52. The number of carbonyl (C=O) groups excluding carboxylic acids is 2. The van der Waals surface area contributed by atoms with Crippen molar-refractivity contribution >= 4 is 78.1 Å². The van der Waals surface area contributed by atoms with Crippen molar-refractivity contribution < 1.29 is 23.5 Å². The van der Waals surface area contributed by atoms with Crippen LogP contribution in [0.15, 0.2) is 57.4 Å². The van der Waals surface area contributed by atoms with Crippen molar-refractivity contribution in [3.05, 3.63) is 79.4 Å². The van der Waals surface area contributed by atoms with E-state index in [1.165, 1.54) is 18.4 Å². The Labute approximate surface area is 205 Å². The Balaban J connectivity index is 1.44. The number of esters is 1. The molecular formula is C22H14BrCl2NO5S. The molecule has 0 unspecified atom stereocenters. The van der Waals surface area contributed by atoms with Crippen LogP contribution in [0.2, 0.25) is 10.0 Å². The SMILES string of the molecule is COC(=O)c1sc2cc(NC(=O)c3ccc(COc4ccc(Br)cc4Cl)o3)ccc2c1Cl. The van der Waals surface area contributed by atoms with Gasteiger partial charge in [0, 0.05) is 20.2 Å². The molecule has 0 aliphatic rings. The number of nitrogens with one attached hydrogen (secondary N) is 1. The Morgan fingerprint density at radius 1 is 1.12 bits per heavy atom. The first-order valence-corrected chi connectivity index (χ1v) is 11.5. The zero-order chi connectivity index (χ0) is 22.8. The van der Waals surface area contributed by atoms with Gasteiger partial charge in [0.1, 0.15) is 23.0 Å². The van der Waals surface area contributed by atoms with E-state index in [1.54, 1.807) is 42.5 Å². The van der Waals surface area contributed by atoms with E-state index in [9.17, 15) is 9.59 Å². The number of rotatable bonds is 6.